The lowest BCUT2D eigenvalue weighted by Crippen LogP contribution is -2.29. The lowest BCUT2D eigenvalue weighted by atomic mass is 9.94. The summed E-state index contributed by atoms with van der Waals surface area (Å²) in [6, 6.07) is 27.2. The van der Waals surface area contributed by atoms with Crippen LogP contribution in [0.15, 0.2) is 96.6 Å². The molecule has 0 aliphatic carbocycles. The summed E-state index contributed by atoms with van der Waals surface area (Å²) in [6.45, 7) is 4.03. The van der Waals surface area contributed by atoms with Gasteiger partial charge in [-0.15, -0.1) is 0 Å². The number of hydrogen-bond acceptors (Lipinski definition) is 5. The van der Waals surface area contributed by atoms with Crippen molar-refractivity contribution in [2.24, 2.45) is 0 Å². The number of carbonyl (C=O) groups excluding carboxylic acids is 2. The molecular weight excluding hydrogens is 478 g/mol. The minimum Gasteiger partial charge on any atom is -0.507 e. The van der Waals surface area contributed by atoms with E-state index in [0.29, 0.717) is 22.6 Å². The number of hydrogen-bond donors (Lipinski definition) is 1. The second kappa shape index (κ2) is 10.4. The van der Waals surface area contributed by atoms with Gasteiger partial charge in [0.05, 0.1) is 24.8 Å². The Hall–Kier alpha value is -4.58. The molecular formula is C32H29NO5. The van der Waals surface area contributed by atoms with Crippen LogP contribution in [0.4, 0.5) is 0 Å². The van der Waals surface area contributed by atoms with E-state index >= 15 is 0 Å². The summed E-state index contributed by atoms with van der Waals surface area (Å²) in [5.41, 5.74) is 2.00. The second-order valence-corrected chi connectivity index (χ2v) is 9.58. The van der Waals surface area contributed by atoms with Crippen LogP contribution in [0.1, 0.15) is 36.6 Å². The quantitative estimate of drug-likeness (QED) is 0.182. The molecule has 5 rings (SSSR count). The topological polar surface area (TPSA) is 76.1 Å². The number of benzene rings is 4. The van der Waals surface area contributed by atoms with Crippen LogP contribution >= 0.6 is 0 Å². The molecule has 192 valence electrons. The Morgan fingerprint density at radius 2 is 1.61 bits per heavy atom. The summed E-state index contributed by atoms with van der Waals surface area (Å²) in [4.78, 5) is 28.4. The number of rotatable bonds is 7. The summed E-state index contributed by atoms with van der Waals surface area (Å²) in [6.07, 6.45) is -0.0500. The predicted molar refractivity (Wildman–Crippen MR) is 147 cm³/mol. The number of Topliss-reactive ketones (excluding diaryl/α,β-unsaturated/α-hetero) is 1. The van der Waals surface area contributed by atoms with Gasteiger partial charge in [-0.1, -0.05) is 60.7 Å². The molecule has 4 aromatic carbocycles. The van der Waals surface area contributed by atoms with E-state index in [1.165, 1.54) is 4.90 Å². The maximum absolute atomic E-state index is 13.5. The lowest BCUT2D eigenvalue weighted by Gasteiger charge is -2.26. The van der Waals surface area contributed by atoms with Gasteiger partial charge in [0.25, 0.3) is 11.7 Å². The summed E-state index contributed by atoms with van der Waals surface area (Å²) in [7, 11) is 1.58. The minimum absolute atomic E-state index is 0.0500. The molecule has 1 aliphatic heterocycles. The average Bonchev–Trinajstić information content (AvgIpc) is 3.17. The van der Waals surface area contributed by atoms with Crippen molar-refractivity contribution >= 4 is 28.2 Å². The summed E-state index contributed by atoms with van der Waals surface area (Å²) < 4.78 is 11.2. The highest BCUT2D eigenvalue weighted by Gasteiger charge is 2.46. The standard InChI is InChI=1S/C32H29NO5/c1-20(2)38-27-13-7-11-24(18-27)29-28(30(34)25-15-14-22-9-4-5-10-23(22)17-25)31(35)32(36)33(29)19-21-8-6-12-26(16-21)37-3/h4-18,20,29,34H,19H2,1-3H3/b30-28-. The van der Waals surface area contributed by atoms with Crippen LogP contribution in [-0.2, 0) is 16.1 Å². The number of nitrogens with zero attached hydrogens (tertiary/aromatic N) is 1. The van der Waals surface area contributed by atoms with Crippen LogP contribution in [0.5, 0.6) is 11.5 Å². The van der Waals surface area contributed by atoms with Gasteiger partial charge in [-0.3, -0.25) is 9.59 Å². The predicted octanol–water partition coefficient (Wildman–Crippen LogP) is 6.26. The van der Waals surface area contributed by atoms with Crippen molar-refractivity contribution in [3.63, 3.8) is 0 Å². The minimum atomic E-state index is -0.802. The van der Waals surface area contributed by atoms with Crippen molar-refractivity contribution in [3.05, 3.63) is 113 Å². The molecule has 0 bridgehead atoms. The zero-order chi connectivity index (χ0) is 26.8. The molecule has 0 aromatic heterocycles. The van der Waals surface area contributed by atoms with E-state index < -0.39 is 17.7 Å². The van der Waals surface area contributed by atoms with E-state index in [1.807, 2.05) is 98.8 Å². The number of carbonyl (C=O) groups is 2. The number of methoxy groups -OCH3 is 1. The van der Waals surface area contributed by atoms with E-state index in [2.05, 4.69) is 0 Å². The molecule has 6 heteroatoms. The van der Waals surface area contributed by atoms with Crippen molar-refractivity contribution in [1.82, 2.24) is 4.90 Å². The molecule has 0 saturated carbocycles. The number of aliphatic hydroxyl groups is 1. The summed E-state index contributed by atoms with van der Waals surface area (Å²) in [5.74, 6) is -0.328. The van der Waals surface area contributed by atoms with Gasteiger partial charge in [-0.05, 0) is 66.1 Å². The van der Waals surface area contributed by atoms with Crippen molar-refractivity contribution in [3.8, 4) is 11.5 Å². The first-order valence-corrected chi connectivity index (χ1v) is 12.5. The molecule has 4 aromatic rings. The van der Waals surface area contributed by atoms with Gasteiger partial charge in [0, 0.05) is 12.1 Å². The van der Waals surface area contributed by atoms with Crippen molar-refractivity contribution in [1.29, 1.82) is 0 Å². The molecule has 1 heterocycles. The Morgan fingerprint density at radius 1 is 0.868 bits per heavy atom. The highest BCUT2D eigenvalue weighted by molar-refractivity contribution is 6.46. The number of likely N-dealkylation sites (tertiary alicyclic amines) is 1. The molecule has 1 aliphatic rings. The molecule has 1 fully saturated rings. The molecule has 1 saturated heterocycles. The maximum Gasteiger partial charge on any atom is 0.295 e. The molecule has 1 atom stereocenters. The van der Waals surface area contributed by atoms with Crippen LogP contribution < -0.4 is 9.47 Å². The first-order chi connectivity index (χ1) is 18.4. The van der Waals surface area contributed by atoms with Gasteiger partial charge in [0.1, 0.15) is 17.3 Å². The Morgan fingerprint density at radius 3 is 2.37 bits per heavy atom. The normalized spacial score (nSPS) is 16.8. The van der Waals surface area contributed by atoms with Gasteiger partial charge in [-0.25, -0.2) is 0 Å². The summed E-state index contributed by atoms with van der Waals surface area (Å²) >= 11 is 0. The van der Waals surface area contributed by atoms with Crippen LogP contribution in [0.25, 0.3) is 16.5 Å². The van der Waals surface area contributed by atoms with Gasteiger partial charge < -0.3 is 19.5 Å². The second-order valence-electron chi connectivity index (χ2n) is 9.58. The maximum atomic E-state index is 13.5. The van der Waals surface area contributed by atoms with Crippen LogP contribution in [0.2, 0.25) is 0 Å². The van der Waals surface area contributed by atoms with E-state index in [-0.39, 0.29) is 24.0 Å². The van der Waals surface area contributed by atoms with Crippen LogP contribution in [0, 0.1) is 0 Å². The van der Waals surface area contributed by atoms with E-state index in [1.54, 1.807) is 13.2 Å². The lowest BCUT2D eigenvalue weighted by molar-refractivity contribution is -0.140. The van der Waals surface area contributed by atoms with Crippen LogP contribution in [0.3, 0.4) is 0 Å². The Balaban J connectivity index is 1.65. The zero-order valence-electron chi connectivity index (χ0n) is 21.5. The third-order valence-electron chi connectivity index (χ3n) is 6.60. The number of aliphatic hydroxyl groups excluding tert-OH is 1. The van der Waals surface area contributed by atoms with Gasteiger partial charge in [0.15, 0.2) is 0 Å². The van der Waals surface area contributed by atoms with Gasteiger partial charge in [-0.2, -0.15) is 0 Å². The SMILES string of the molecule is COc1cccc(CN2C(=O)C(=O)/C(=C(\O)c3ccc4ccccc4c3)C2c2cccc(OC(C)C)c2)c1. The van der Waals surface area contributed by atoms with Crippen molar-refractivity contribution < 1.29 is 24.2 Å². The van der Waals surface area contributed by atoms with Crippen molar-refractivity contribution in [2.75, 3.05) is 7.11 Å². The first-order valence-electron chi connectivity index (χ1n) is 12.5. The molecule has 0 radical (unpaired) electrons. The fourth-order valence-electron chi connectivity index (χ4n) is 4.88. The smallest absolute Gasteiger partial charge is 0.295 e. The fraction of sp³-hybridized carbons (Fsp3) is 0.188. The van der Waals surface area contributed by atoms with Gasteiger partial charge >= 0.3 is 0 Å². The third kappa shape index (κ3) is 4.85. The largest absolute Gasteiger partial charge is 0.507 e. The van der Waals surface area contributed by atoms with E-state index in [9.17, 15) is 14.7 Å². The van der Waals surface area contributed by atoms with Crippen molar-refractivity contribution in [2.45, 2.75) is 32.5 Å². The number of ketones is 1. The highest BCUT2D eigenvalue weighted by atomic mass is 16.5. The number of fused-ring (bicyclic) bond motifs is 1. The van der Waals surface area contributed by atoms with Gasteiger partial charge in [0.2, 0.25) is 0 Å². The van der Waals surface area contributed by atoms with Crippen LogP contribution in [-0.4, -0.2) is 34.9 Å². The first kappa shape index (κ1) is 25.1. The third-order valence-corrected chi connectivity index (χ3v) is 6.60. The molecule has 6 nitrogen and oxygen atoms in total. The molecule has 1 unspecified atom stereocenters. The Labute approximate surface area is 221 Å². The molecule has 38 heavy (non-hydrogen) atoms. The summed E-state index contributed by atoms with van der Waals surface area (Å²) in [5, 5.41) is 13.4. The number of amides is 1. The monoisotopic (exact) mass is 507 g/mol. The highest BCUT2D eigenvalue weighted by Crippen LogP contribution is 2.41. The zero-order valence-corrected chi connectivity index (χ0v) is 21.5. The average molecular weight is 508 g/mol. The van der Waals surface area contributed by atoms with E-state index in [4.69, 9.17) is 9.47 Å². The fourth-order valence-corrected chi connectivity index (χ4v) is 4.88. The Kier molecular flexibility index (Phi) is 6.88. The molecule has 1 amide bonds. The Bertz CT molecular complexity index is 1550. The van der Waals surface area contributed by atoms with E-state index in [0.717, 1.165) is 16.3 Å². The molecule has 1 N–H and O–H groups in total. The molecule has 0 spiro atoms. The number of ether oxygens (including phenoxy) is 2.